The van der Waals surface area contributed by atoms with Gasteiger partial charge >= 0.3 is 0 Å². The Morgan fingerprint density at radius 1 is 1.10 bits per heavy atom. The van der Waals surface area contributed by atoms with Gasteiger partial charge in [0.2, 0.25) is 11.8 Å². The van der Waals surface area contributed by atoms with Gasteiger partial charge in [-0.05, 0) is 57.5 Å². The summed E-state index contributed by atoms with van der Waals surface area (Å²) in [5.41, 5.74) is 0.368. The summed E-state index contributed by atoms with van der Waals surface area (Å²) >= 11 is 5.85. The smallest absolute Gasteiger partial charge is 0.242 e. The van der Waals surface area contributed by atoms with Gasteiger partial charge in [-0.1, -0.05) is 29.8 Å². The van der Waals surface area contributed by atoms with Crippen LogP contribution in [0.25, 0.3) is 0 Å². The third kappa shape index (κ3) is 7.34. The minimum Gasteiger partial charge on any atom is -0.494 e. The van der Waals surface area contributed by atoms with Crippen molar-refractivity contribution >= 4 is 23.4 Å². The van der Waals surface area contributed by atoms with E-state index in [9.17, 15) is 14.0 Å². The van der Waals surface area contributed by atoms with E-state index in [1.54, 1.807) is 49.4 Å². The van der Waals surface area contributed by atoms with Crippen molar-refractivity contribution in [1.29, 1.82) is 0 Å². The summed E-state index contributed by atoms with van der Waals surface area (Å²) in [6.45, 7) is 5.72. The molecule has 2 rings (SSSR count). The van der Waals surface area contributed by atoms with E-state index in [1.807, 2.05) is 13.8 Å². The number of nitrogens with zero attached hydrogens (tertiary/aromatic N) is 1. The second-order valence-electron chi connectivity index (χ2n) is 7.36. The number of hydrogen-bond acceptors (Lipinski definition) is 3. The number of hydrogen-bond donors (Lipinski definition) is 1. The van der Waals surface area contributed by atoms with Gasteiger partial charge < -0.3 is 15.0 Å². The molecule has 5 nitrogen and oxygen atoms in total. The predicted molar refractivity (Wildman–Crippen MR) is 116 cm³/mol. The fourth-order valence-electron chi connectivity index (χ4n) is 2.89. The van der Waals surface area contributed by atoms with Crippen LogP contribution in [-0.2, 0) is 16.1 Å². The minimum absolute atomic E-state index is 0.0240. The number of nitrogens with one attached hydrogen (secondary N) is 1. The molecular formula is C23H28ClFN2O3. The lowest BCUT2D eigenvalue weighted by Crippen LogP contribution is -2.49. The third-order valence-electron chi connectivity index (χ3n) is 4.51. The van der Waals surface area contributed by atoms with Crippen LogP contribution in [0, 0.1) is 5.82 Å². The van der Waals surface area contributed by atoms with E-state index in [1.165, 1.54) is 11.0 Å². The second-order valence-corrected chi connectivity index (χ2v) is 7.79. The monoisotopic (exact) mass is 434 g/mol. The third-order valence-corrected chi connectivity index (χ3v) is 4.77. The van der Waals surface area contributed by atoms with E-state index in [0.717, 1.165) is 0 Å². The Kier molecular flexibility index (Phi) is 9.12. The maximum absolute atomic E-state index is 14.1. The summed E-state index contributed by atoms with van der Waals surface area (Å²) in [5.74, 6) is -0.242. The Balaban J connectivity index is 2.00. The molecule has 0 aliphatic rings. The quantitative estimate of drug-likeness (QED) is 0.557. The Hall–Kier alpha value is -2.60. The van der Waals surface area contributed by atoms with Crippen molar-refractivity contribution in [2.75, 3.05) is 6.61 Å². The number of ether oxygens (including phenoxy) is 1. The lowest BCUT2D eigenvalue weighted by atomic mass is 10.1. The fraction of sp³-hybridized carbons (Fsp3) is 0.391. The highest BCUT2D eigenvalue weighted by Crippen LogP contribution is 2.17. The zero-order valence-corrected chi connectivity index (χ0v) is 18.3. The van der Waals surface area contributed by atoms with Crippen molar-refractivity contribution in [3.63, 3.8) is 0 Å². The van der Waals surface area contributed by atoms with Gasteiger partial charge in [-0.3, -0.25) is 9.59 Å². The van der Waals surface area contributed by atoms with Crippen molar-refractivity contribution in [3.05, 3.63) is 64.9 Å². The first-order valence-electron chi connectivity index (χ1n) is 9.99. The number of amides is 2. The van der Waals surface area contributed by atoms with Gasteiger partial charge in [0.15, 0.2) is 0 Å². The Labute approximate surface area is 182 Å². The summed E-state index contributed by atoms with van der Waals surface area (Å²) in [7, 11) is 0. The molecule has 0 aliphatic heterocycles. The SMILES string of the molecule is CC(C)NC(=O)[C@H](C)N(Cc1ccccc1F)C(=O)CCCOc1ccc(Cl)cc1. The molecule has 7 heteroatoms. The van der Waals surface area contributed by atoms with Crippen LogP contribution in [0.15, 0.2) is 48.5 Å². The highest BCUT2D eigenvalue weighted by atomic mass is 35.5. The molecule has 162 valence electrons. The highest BCUT2D eigenvalue weighted by Gasteiger charge is 2.26. The molecular weight excluding hydrogens is 407 g/mol. The van der Waals surface area contributed by atoms with Gasteiger partial charge in [0.1, 0.15) is 17.6 Å². The number of carbonyl (C=O) groups is 2. The van der Waals surface area contributed by atoms with Crippen molar-refractivity contribution < 1.29 is 18.7 Å². The van der Waals surface area contributed by atoms with Crippen LogP contribution in [0.5, 0.6) is 5.75 Å². The number of halogens is 2. The average molecular weight is 435 g/mol. The molecule has 0 aromatic heterocycles. The fourth-order valence-corrected chi connectivity index (χ4v) is 3.01. The lowest BCUT2D eigenvalue weighted by Gasteiger charge is -2.29. The normalized spacial score (nSPS) is 11.8. The average Bonchev–Trinajstić information content (AvgIpc) is 2.70. The minimum atomic E-state index is -0.725. The Morgan fingerprint density at radius 2 is 1.77 bits per heavy atom. The van der Waals surface area contributed by atoms with Crippen molar-refractivity contribution in [2.24, 2.45) is 0 Å². The molecule has 0 heterocycles. The summed E-state index contributed by atoms with van der Waals surface area (Å²) in [4.78, 5) is 26.8. The molecule has 2 amide bonds. The molecule has 0 saturated heterocycles. The van der Waals surface area contributed by atoms with Crippen LogP contribution in [0.3, 0.4) is 0 Å². The molecule has 0 fully saturated rings. The van der Waals surface area contributed by atoms with E-state index in [2.05, 4.69) is 5.32 Å². The molecule has 0 spiro atoms. The first-order chi connectivity index (χ1) is 14.3. The molecule has 30 heavy (non-hydrogen) atoms. The van der Waals surface area contributed by atoms with Gasteiger partial charge in [0.05, 0.1) is 6.61 Å². The summed E-state index contributed by atoms with van der Waals surface area (Å²) in [6, 6.07) is 12.5. The molecule has 1 N–H and O–H groups in total. The topological polar surface area (TPSA) is 58.6 Å². The zero-order valence-electron chi connectivity index (χ0n) is 17.5. The lowest BCUT2D eigenvalue weighted by molar-refractivity contribution is -0.141. The molecule has 0 unspecified atom stereocenters. The predicted octanol–water partition coefficient (Wildman–Crippen LogP) is 4.58. The maximum atomic E-state index is 14.1. The Morgan fingerprint density at radius 3 is 2.40 bits per heavy atom. The summed E-state index contributed by atoms with van der Waals surface area (Å²) in [6.07, 6.45) is 0.648. The summed E-state index contributed by atoms with van der Waals surface area (Å²) in [5, 5.41) is 3.43. The van der Waals surface area contributed by atoms with Crippen LogP contribution >= 0.6 is 11.6 Å². The summed E-state index contributed by atoms with van der Waals surface area (Å²) < 4.78 is 19.8. The standard InChI is InChI=1S/C23H28ClFN2O3/c1-16(2)26-23(29)17(3)27(15-18-7-4-5-8-21(18)25)22(28)9-6-14-30-20-12-10-19(24)11-13-20/h4-5,7-8,10-13,16-17H,6,9,14-15H2,1-3H3,(H,26,29)/t17-/m0/s1. The van der Waals surface area contributed by atoms with Crippen LogP contribution in [0.4, 0.5) is 4.39 Å². The van der Waals surface area contributed by atoms with E-state index >= 15 is 0 Å². The van der Waals surface area contributed by atoms with Gasteiger partial charge in [0.25, 0.3) is 0 Å². The van der Waals surface area contributed by atoms with Crippen LogP contribution in [0.2, 0.25) is 5.02 Å². The number of benzene rings is 2. The van der Waals surface area contributed by atoms with Gasteiger partial charge in [-0.2, -0.15) is 0 Å². The van der Waals surface area contributed by atoms with E-state index in [-0.39, 0.29) is 30.8 Å². The molecule has 2 aromatic rings. The van der Waals surface area contributed by atoms with E-state index in [4.69, 9.17) is 16.3 Å². The van der Waals surface area contributed by atoms with Crippen LogP contribution in [-0.4, -0.2) is 35.4 Å². The van der Waals surface area contributed by atoms with Gasteiger partial charge in [-0.15, -0.1) is 0 Å². The van der Waals surface area contributed by atoms with Crippen LogP contribution < -0.4 is 10.1 Å². The molecule has 0 radical (unpaired) electrons. The maximum Gasteiger partial charge on any atom is 0.242 e. The molecule has 0 saturated carbocycles. The van der Waals surface area contributed by atoms with Crippen molar-refractivity contribution in [3.8, 4) is 5.75 Å². The van der Waals surface area contributed by atoms with Crippen molar-refractivity contribution in [1.82, 2.24) is 10.2 Å². The molecule has 2 aromatic carbocycles. The first kappa shape index (κ1) is 23.7. The molecule has 1 atom stereocenters. The van der Waals surface area contributed by atoms with Crippen LogP contribution in [0.1, 0.15) is 39.2 Å². The van der Waals surface area contributed by atoms with Gasteiger partial charge in [0, 0.05) is 29.6 Å². The van der Waals surface area contributed by atoms with Crippen molar-refractivity contribution in [2.45, 2.75) is 52.2 Å². The highest BCUT2D eigenvalue weighted by molar-refractivity contribution is 6.30. The Bertz CT molecular complexity index is 843. The van der Waals surface area contributed by atoms with Gasteiger partial charge in [-0.25, -0.2) is 4.39 Å². The molecule has 0 bridgehead atoms. The zero-order chi connectivity index (χ0) is 22.1. The second kappa shape index (κ2) is 11.6. The van der Waals surface area contributed by atoms with E-state index in [0.29, 0.717) is 29.4 Å². The van der Waals surface area contributed by atoms with E-state index < -0.39 is 11.9 Å². The largest absolute Gasteiger partial charge is 0.494 e. The molecule has 0 aliphatic carbocycles. The first-order valence-corrected chi connectivity index (χ1v) is 10.4. The number of rotatable bonds is 10. The number of carbonyl (C=O) groups excluding carboxylic acids is 2.